The molecule has 0 spiro atoms. The second-order valence-electron chi connectivity index (χ2n) is 4.31. The van der Waals surface area contributed by atoms with Gasteiger partial charge < -0.3 is 19.7 Å². The summed E-state index contributed by atoms with van der Waals surface area (Å²) in [5.41, 5.74) is 3.29. The van der Waals surface area contributed by atoms with E-state index >= 15 is 0 Å². The fourth-order valence-electron chi connectivity index (χ4n) is 1.95. The van der Waals surface area contributed by atoms with Gasteiger partial charge >= 0.3 is 0 Å². The SMILES string of the molecule is Cn1cnnc1CCNc1nc(NN)cn2ccnc12. The summed E-state index contributed by atoms with van der Waals surface area (Å²) < 4.78 is 3.74. The highest BCUT2D eigenvalue weighted by Gasteiger charge is 2.07. The molecule has 0 unspecified atom stereocenters. The lowest BCUT2D eigenvalue weighted by atomic mass is 10.4. The van der Waals surface area contributed by atoms with Gasteiger partial charge in [0.25, 0.3) is 0 Å². The molecule has 0 aliphatic heterocycles. The topological polar surface area (TPSA) is 111 Å². The van der Waals surface area contributed by atoms with E-state index in [0.717, 1.165) is 17.9 Å². The number of nitrogen functional groups attached to an aromatic ring is 1. The summed E-state index contributed by atoms with van der Waals surface area (Å²) in [5, 5.41) is 11.1. The zero-order chi connectivity index (χ0) is 13.9. The molecule has 0 atom stereocenters. The zero-order valence-corrected chi connectivity index (χ0v) is 11.0. The number of hydrazine groups is 1. The van der Waals surface area contributed by atoms with Gasteiger partial charge in [0.05, 0.1) is 6.20 Å². The number of rotatable bonds is 5. The van der Waals surface area contributed by atoms with E-state index in [1.807, 2.05) is 22.2 Å². The van der Waals surface area contributed by atoms with Crippen molar-refractivity contribution < 1.29 is 0 Å². The molecule has 0 saturated heterocycles. The summed E-state index contributed by atoms with van der Waals surface area (Å²) in [4.78, 5) is 8.62. The molecule has 3 aromatic heterocycles. The van der Waals surface area contributed by atoms with Crippen molar-refractivity contribution in [1.82, 2.24) is 29.1 Å². The number of aromatic nitrogens is 6. The number of nitrogens with two attached hydrogens (primary N) is 1. The van der Waals surface area contributed by atoms with Crippen LogP contribution in [0.15, 0.2) is 24.9 Å². The molecule has 0 saturated carbocycles. The van der Waals surface area contributed by atoms with Crippen molar-refractivity contribution in [2.45, 2.75) is 6.42 Å². The largest absolute Gasteiger partial charge is 0.366 e. The maximum absolute atomic E-state index is 5.41. The summed E-state index contributed by atoms with van der Waals surface area (Å²) in [7, 11) is 1.92. The molecule has 0 aliphatic carbocycles. The van der Waals surface area contributed by atoms with Gasteiger partial charge in [0.2, 0.25) is 0 Å². The van der Waals surface area contributed by atoms with Crippen LogP contribution in [0.3, 0.4) is 0 Å². The molecule has 9 heteroatoms. The van der Waals surface area contributed by atoms with E-state index in [2.05, 4.69) is 30.9 Å². The van der Waals surface area contributed by atoms with E-state index in [9.17, 15) is 0 Å². The number of imidazole rings is 1. The Kier molecular flexibility index (Phi) is 3.17. The molecule has 0 radical (unpaired) electrons. The van der Waals surface area contributed by atoms with E-state index < -0.39 is 0 Å². The van der Waals surface area contributed by atoms with E-state index in [0.29, 0.717) is 18.2 Å². The van der Waals surface area contributed by atoms with Crippen LogP contribution in [-0.2, 0) is 13.5 Å². The molecule has 0 aliphatic rings. The van der Waals surface area contributed by atoms with Gasteiger partial charge in [-0.25, -0.2) is 15.8 Å². The minimum Gasteiger partial charge on any atom is -0.366 e. The second-order valence-corrected chi connectivity index (χ2v) is 4.31. The Morgan fingerprint density at radius 3 is 3.05 bits per heavy atom. The minimum absolute atomic E-state index is 0.566. The van der Waals surface area contributed by atoms with Crippen molar-refractivity contribution in [2.24, 2.45) is 12.9 Å². The molecule has 0 amide bonds. The summed E-state index contributed by atoms with van der Waals surface area (Å²) in [6.07, 6.45) is 7.75. The van der Waals surface area contributed by atoms with Crippen LogP contribution in [0.1, 0.15) is 5.82 Å². The van der Waals surface area contributed by atoms with Crippen molar-refractivity contribution in [2.75, 3.05) is 17.3 Å². The van der Waals surface area contributed by atoms with Crippen LogP contribution in [0.5, 0.6) is 0 Å². The van der Waals surface area contributed by atoms with Crippen LogP contribution < -0.4 is 16.6 Å². The third kappa shape index (κ3) is 2.26. The van der Waals surface area contributed by atoms with Gasteiger partial charge in [0, 0.05) is 32.4 Å². The Bertz CT molecular complexity index is 714. The van der Waals surface area contributed by atoms with E-state index in [1.165, 1.54) is 0 Å². The maximum Gasteiger partial charge on any atom is 0.180 e. The number of hydrogen-bond acceptors (Lipinski definition) is 7. The van der Waals surface area contributed by atoms with Crippen molar-refractivity contribution in [3.05, 3.63) is 30.7 Å². The molecular weight excluding hydrogens is 258 g/mol. The smallest absolute Gasteiger partial charge is 0.180 e. The highest BCUT2D eigenvalue weighted by molar-refractivity contribution is 5.65. The standard InChI is InChI=1S/C11H15N9/c1-19-7-15-18-9(19)2-3-13-10-11-14-4-5-20(11)6-8(16-10)17-12/h4-7,17H,2-3,12H2,1H3,(H,13,16). The molecule has 0 aromatic carbocycles. The molecule has 3 rings (SSSR count). The summed E-state index contributed by atoms with van der Waals surface area (Å²) in [5.74, 6) is 7.56. The lowest BCUT2D eigenvalue weighted by Crippen LogP contribution is -2.14. The van der Waals surface area contributed by atoms with Gasteiger partial charge in [-0.1, -0.05) is 0 Å². The molecule has 4 N–H and O–H groups in total. The Morgan fingerprint density at radius 1 is 1.40 bits per heavy atom. The number of hydrogen-bond donors (Lipinski definition) is 3. The van der Waals surface area contributed by atoms with E-state index in [4.69, 9.17) is 5.84 Å². The second kappa shape index (κ2) is 5.13. The molecule has 3 heterocycles. The molecule has 104 valence electrons. The maximum atomic E-state index is 5.41. The van der Waals surface area contributed by atoms with Crippen LogP contribution in [0, 0.1) is 0 Å². The van der Waals surface area contributed by atoms with Crippen LogP contribution in [0.25, 0.3) is 5.65 Å². The Morgan fingerprint density at radius 2 is 2.30 bits per heavy atom. The average molecular weight is 273 g/mol. The van der Waals surface area contributed by atoms with Crippen LogP contribution in [-0.4, -0.2) is 35.7 Å². The van der Waals surface area contributed by atoms with Crippen LogP contribution in [0.2, 0.25) is 0 Å². The first-order valence-corrected chi connectivity index (χ1v) is 6.15. The van der Waals surface area contributed by atoms with Gasteiger partial charge in [0.1, 0.15) is 12.2 Å². The first-order valence-electron chi connectivity index (χ1n) is 6.15. The predicted octanol–water partition coefficient (Wildman–Crippen LogP) is -0.202. The lowest BCUT2D eigenvalue weighted by molar-refractivity contribution is 0.787. The normalized spacial score (nSPS) is 10.9. The third-order valence-corrected chi connectivity index (χ3v) is 2.97. The quantitative estimate of drug-likeness (QED) is 0.436. The minimum atomic E-state index is 0.566. The van der Waals surface area contributed by atoms with Crippen molar-refractivity contribution in [3.63, 3.8) is 0 Å². The zero-order valence-electron chi connectivity index (χ0n) is 11.0. The summed E-state index contributed by atoms with van der Waals surface area (Å²) in [6, 6.07) is 0. The van der Waals surface area contributed by atoms with E-state index in [1.54, 1.807) is 18.7 Å². The average Bonchev–Trinajstić information content (AvgIpc) is 3.07. The van der Waals surface area contributed by atoms with Gasteiger partial charge in [-0.15, -0.1) is 10.2 Å². The summed E-state index contributed by atoms with van der Waals surface area (Å²) >= 11 is 0. The number of nitrogens with one attached hydrogen (secondary N) is 2. The van der Waals surface area contributed by atoms with Gasteiger partial charge in [-0.3, -0.25) is 0 Å². The fourth-order valence-corrected chi connectivity index (χ4v) is 1.95. The number of aryl methyl sites for hydroxylation is 1. The predicted molar refractivity (Wildman–Crippen MR) is 74.0 cm³/mol. The lowest BCUT2D eigenvalue weighted by Gasteiger charge is -2.09. The number of fused-ring (bicyclic) bond motifs is 1. The highest BCUT2D eigenvalue weighted by atomic mass is 15.3. The Balaban J connectivity index is 1.76. The molecular formula is C11H15N9. The fraction of sp³-hybridized carbons (Fsp3) is 0.273. The van der Waals surface area contributed by atoms with Gasteiger partial charge in [0.15, 0.2) is 17.3 Å². The van der Waals surface area contributed by atoms with Crippen molar-refractivity contribution in [3.8, 4) is 0 Å². The Hall–Kier alpha value is -2.68. The van der Waals surface area contributed by atoms with Crippen LogP contribution in [0.4, 0.5) is 11.6 Å². The van der Waals surface area contributed by atoms with Crippen molar-refractivity contribution >= 4 is 17.3 Å². The number of anilines is 2. The number of nitrogens with zero attached hydrogens (tertiary/aromatic N) is 6. The third-order valence-electron chi connectivity index (χ3n) is 2.97. The van der Waals surface area contributed by atoms with Crippen LogP contribution >= 0.6 is 0 Å². The van der Waals surface area contributed by atoms with Crippen molar-refractivity contribution in [1.29, 1.82) is 0 Å². The van der Waals surface area contributed by atoms with Gasteiger partial charge in [-0.05, 0) is 0 Å². The Labute approximate surface area is 114 Å². The van der Waals surface area contributed by atoms with Gasteiger partial charge in [-0.2, -0.15) is 0 Å². The molecule has 9 nitrogen and oxygen atoms in total. The highest BCUT2D eigenvalue weighted by Crippen LogP contribution is 2.15. The first-order chi connectivity index (χ1) is 9.78. The molecule has 20 heavy (non-hydrogen) atoms. The molecule has 0 bridgehead atoms. The monoisotopic (exact) mass is 273 g/mol. The van der Waals surface area contributed by atoms with E-state index in [-0.39, 0.29) is 0 Å². The molecule has 3 aromatic rings. The summed E-state index contributed by atoms with van der Waals surface area (Å²) in [6.45, 7) is 0.677. The first kappa shape index (κ1) is 12.4. The molecule has 0 fully saturated rings.